The van der Waals surface area contributed by atoms with E-state index in [4.69, 9.17) is 17.0 Å². The van der Waals surface area contributed by atoms with E-state index in [0.717, 1.165) is 11.6 Å². The van der Waals surface area contributed by atoms with E-state index < -0.39 is 5.82 Å². The zero-order chi connectivity index (χ0) is 21.1. The molecule has 3 aromatic heterocycles. The lowest BCUT2D eigenvalue weighted by atomic mass is 10.2. The lowest BCUT2D eigenvalue weighted by molar-refractivity contribution is 0.312. The van der Waals surface area contributed by atoms with Crippen molar-refractivity contribution < 1.29 is 9.60 Å². The Morgan fingerprint density at radius 2 is 1.97 bits per heavy atom. The normalized spacial score (nSPS) is 11.0. The molecule has 0 spiro atoms. The number of halogens is 2. The first-order chi connectivity index (χ1) is 14.5. The topological polar surface area (TPSA) is 114 Å². The minimum Gasteiger partial charge on any atom is -0.339 e. The predicted octanol–water partition coefficient (Wildman–Crippen LogP) is 3.66. The monoisotopic (exact) mass is 425 g/mol. The highest BCUT2D eigenvalue weighted by Gasteiger charge is 2.18. The number of hydroxylamine groups is 1. The van der Waals surface area contributed by atoms with Crippen molar-refractivity contribution in [3.63, 3.8) is 0 Å². The molecule has 1 aromatic carbocycles. The van der Waals surface area contributed by atoms with Crippen LogP contribution in [0.15, 0.2) is 55.0 Å². The molecular weight excluding hydrogens is 409 g/mol. The highest BCUT2D eigenvalue weighted by molar-refractivity contribution is 6.31. The molecule has 0 saturated carbocycles. The second-order valence-electron chi connectivity index (χ2n) is 6.46. The molecule has 0 saturated heterocycles. The van der Waals surface area contributed by atoms with Crippen molar-refractivity contribution in [2.45, 2.75) is 13.1 Å². The first-order valence-electron chi connectivity index (χ1n) is 8.99. The lowest BCUT2D eigenvalue weighted by Gasteiger charge is -2.18. The summed E-state index contributed by atoms with van der Waals surface area (Å²) in [7, 11) is 0. The summed E-state index contributed by atoms with van der Waals surface area (Å²) in [6, 6.07) is 9.12. The van der Waals surface area contributed by atoms with Gasteiger partial charge in [0.25, 0.3) is 0 Å². The molecule has 0 unspecified atom stereocenters. The fourth-order valence-corrected chi connectivity index (χ4v) is 3.10. The molecule has 0 bridgehead atoms. The number of nitrogens with zero attached hydrogens (tertiary/aromatic N) is 4. The van der Waals surface area contributed by atoms with Gasteiger partial charge in [-0.2, -0.15) is 0 Å². The van der Waals surface area contributed by atoms with E-state index in [1.807, 2.05) is 12.1 Å². The summed E-state index contributed by atoms with van der Waals surface area (Å²) in [6.45, 7) is 1.10. The molecule has 152 valence electrons. The number of aromatic nitrogens is 4. The Bertz CT molecular complexity index is 1200. The highest BCUT2D eigenvalue weighted by Crippen LogP contribution is 2.24. The zero-order valence-corrected chi connectivity index (χ0v) is 16.4. The maximum atomic E-state index is 13.4. The van der Waals surface area contributed by atoms with E-state index in [-0.39, 0.29) is 16.5 Å². The Balaban J connectivity index is 1.54. The molecule has 0 amide bonds. The highest BCUT2D eigenvalue weighted by atomic mass is 35.5. The summed E-state index contributed by atoms with van der Waals surface area (Å²) in [5, 5.41) is 22.6. The van der Waals surface area contributed by atoms with Crippen LogP contribution in [0.5, 0.6) is 0 Å². The van der Waals surface area contributed by atoms with Gasteiger partial charge in [0.15, 0.2) is 11.5 Å². The van der Waals surface area contributed by atoms with E-state index >= 15 is 0 Å². The molecule has 3 heterocycles. The summed E-state index contributed by atoms with van der Waals surface area (Å²) in [5.74, 6) is -0.199. The minimum atomic E-state index is -0.607. The molecule has 0 aliphatic carbocycles. The summed E-state index contributed by atoms with van der Waals surface area (Å²) in [4.78, 5) is 15.8. The molecule has 0 atom stereocenters. The molecular formula is C20H17ClFN7O. The standard InChI is InChI=1S/C20H17ClFN7O/c21-15-9-13(1-2-16(15)22)29(30)19(23)14-5-8-26-20-18(14)27-17(28-20)11-25-10-12-3-6-24-7-4-12/h1-9,23,25,30H,10-11H2,(H,26,27,28). The Morgan fingerprint density at radius 3 is 2.73 bits per heavy atom. The van der Waals surface area contributed by atoms with Crippen LogP contribution >= 0.6 is 11.6 Å². The Kier molecular flexibility index (Phi) is 5.66. The molecule has 4 N–H and O–H groups in total. The first-order valence-corrected chi connectivity index (χ1v) is 9.37. The number of H-pyrrole nitrogens is 1. The second-order valence-corrected chi connectivity index (χ2v) is 6.87. The van der Waals surface area contributed by atoms with Gasteiger partial charge in [0.1, 0.15) is 11.6 Å². The third-order valence-corrected chi connectivity index (χ3v) is 4.72. The Hall–Kier alpha value is -3.40. The van der Waals surface area contributed by atoms with Crippen molar-refractivity contribution in [3.8, 4) is 0 Å². The quantitative estimate of drug-likeness (QED) is 0.213. The van der Waals surface area contributed by atoms with Crippen LogP contribution < -0.4 is 10.4 Å². The van der Waals surface area contributed by atoms with Gasteiger partial charge in [0, 0.05) is 30.7 Å². The van der Waals surface area contributed by atoms with Crippen molar-refractivity contribution in [3.05, 3.63) is 82.8 Å². The summed E-state index contributed by atoms with van der Waals surface area (Å²) >= 11 is 5.78. The van der Waals surface area contributed by atoms with Crippen molar-refractivity contribution in [1.82, 2.24) is 25.3 Å². The minimum absolute atomic E-state index is 0.150. The average molecular weight is 426 g/mol. The van der Waals surface area contributed by atoms with Gasteiger partial charge < -0.3 is 10.3 Å². The first kappa shape index (κ1) is 19.9. The van der Waals surface area contributed by atoms with Gasteiger partial charge in [-0.15, -0.1) is 0 Å². The van der Waals surface area contributed by atoms with Crippen molar-refractivity contribution in [2.75, 3.05) is 5.06 Å². The van der Waals surface area contributed by atoms with Crippen molar-refractivity contribution in [2.24, 2.45) is 0 Å². The molecule has 0 aliphatic heterocycles. The van der Waals surface area contributed by atoms with Crippen LogP contribution in [0.2, 0.25) is 5.02 Å². The summed E-state index contributed by atoms with van der Waals surface area (Å²) < 4.78 is 13.4. The van der Waals surface area contributed by atoms with E-state index in [1.54, 1.807) is 18.5 Å². The summed E-state index contributed by atoms with van der Waals surface area (Å²) in [5.41, 5.74) is 2.57. The van der Waals surface area contributed by atoms with Gasteiger partial charge in [0.2, 0.25) is 0 Å². The van der Waals surface area contributed by atoms with E-state index in [1.165, 1.54) is 18.3 Å². The SMILES string of the molecule is N=C(c1ccnc2nc(CNCc3ccncc3)[nH]c12)N(O)c1ccc(F)c(Cl)c1. The summed E-state index contributed by atoms with van der Waals surface area (Å²) in [6.07, 6.45) is 4.97. The molecule has 4 aromatic rings. The molecule has 10 heteroatoms. The predicted molar refractivity (Wildman–Crippen MR) is 111 cm³/mol. The number of benzene rings is 1. The third kappa shape index (κ3) is 4.13. The molecule has 30 heavy (non-hydrogen) atoms. The number of aromatic amines is 1. The van der Waals surface area contributed by atoms with Crippen LogP contribution in [0, 0.1) is 11.2 Å². The van der Waals surface area contributed by atoms with Crippen LogP contribution in [0.25, 0.3) is 11.2 Å². The molecule has 0 fully saturated rings. The lowest BCUT2D eigenvalue weighted by Crippen LogP contribution is -2.27. The van der Waals surface area contributed by atoms with Gasteiger partial charge in [-0.3, -0.25) is 15.6 Å². The van der Waals surface area contributed by atoms with Gasteiger partial charge in [-0.05, 0) is 42.0 Å². The number of fused-ring (bicyclic) bond motifs is 1. The number of imidazole rings is 1. The molecule has 4 rings (SSSR count). The van der Waals surface area contributed by atoms with Crippen LogP contribution in [0.1, 0.15) is 17.0 Å². The van der Waals surface area contributed by atoms with E-state index in [0.29, 0.717) is 40.7 Å². The Labute approximate surface area is 175 Å². The van der Waals surface area contributed by atoms with Gasteiger partial charge in [-0.1, -0.05) is 11.6 Å². The fourth-order valence-electron chi connectivity index (χ4n) is 2.93. The fraction of sp³-hybridized carbons (Fsp3) is 0.100. The van der Waals surface area contributed by atoms with Gasteiger partial charge >= 0.3 is 0 Å². The van der Waals surface area contributed by atoms with Crippen molar-refractivity contribution >= 4 is 34.3 Å². The van der Waals surface area contributed by atoms with Gasteiger partial charge in [0.05, 0.1) is 22.8 Å². The number of anilines is 1. The maximum absolute atomic E-state index is 13.4. The number of hydrogen-bond donors (Lipinski definition) is 4. The Morgan fingerprint density at radius 1 is 1.17 bits per heavy atom. The third-order valence-electron chi connectivity index (χ3n) is 4.43. The average Bonchev–Trinajstić information content (AvgIpc) is 3.18. The number of nitrogens with one attached hydrogen (secondary N) is 3. The van der Waals surface area contributed by atoms with Crippen LogP contribution in [-0.2, 0) is 13.1 Å². The number of amidine groups is 1. The number of pyridine rings is 2. The molecule has 8 nitrogen and oxygen atoms in total. The number of rotatable bonds is 6. The van der Waals surface area contributed by atoms with Crippen molar-refractivity contribution in [1.29, 1.82) is 5.41 Å². The molecule has 0 aliphatic rings. The van der Waals surface area contributed by atoms with Gasteiger partial charge in [-0.25, -0.2) is 19.4 Å². The van der Waals surface area contributed by atoms with E-state index in [9.17, 15) is 9.60 Å². The second kappa shape index (κ2) is 8.54. The number of hydrogen-bond acceptors (Lipinski definition) is 6. The largest absolute Gasteiger partial charge is 0.339 e. The smallest absolute Gasteiger partial charge is 0.178 e. The van der Waals surface area contributed by atoms with Crippen LogP contribution in [0.4, 0.5) is 10.1 Å². The molecule has 0 radical (unpaired) electrons. The van der Waals surface area contributed by atoms with Crippen LogP contribution in [-0.4, -0.2) is 31.0 Å². The maximum Gasteiger partial charge on any atom is 0.178 e. The zero-order valence-electron chi connectivity index (χ0n) is 15.6. The van der Waals surface area contributed by atoms with Crippen LogP contribution in [0.3, 0.4) is 0 Å². The van der Waals surface area contributed by atoms with E-state index in [2.05, 4.69) is 25.3 Å².